The van der Waals surface area contributed by atoms with Gasteiger partial charge in [0.1, 0.15) is 6.54 Å². The fourth-order valence-corrected chi connectivity index (χ4v) is 2.78. The molecule has 0 spiro atoms. The zero-order valence-corrected chi connectivity index (χ0v) is 19.2. The lowest BCUT2D eigenvalue weighted by molar-refractivity contribution is -0.127. The Hall–Kier alpha value is -0.520. The first-order valence-corrected chi connectivity index (χ1v) is 10.00. The number of nitrogens with one attached hydrogen (secondary N) is 2. The van der Waals surface area contributed by atoms with Crippen LogP contribution in [0.25, 0.3) is 0 Å². The van der Waals surface area contributed by atoms with Gasteiger partial charge in [0.25, 0.3) is 0 Å². The van der Waals surface area contributed by atoms with Gasteiger partial charge in [-0.25, -0.2) is 4.99 Å². The van der Waals surface area contributed by atoms with Gasteiger partial charge < -0.3 is 20.3 Å². The number of carbonyl (C=O) groups is 1. The van der Waals surface area contributed by atoms with Gasteiger partial charge >= 0.3 is 0 Å². The molecule has 1 saturated heterocycles. The number of halogens is 1. The van der Waals surface area contributed by atoms with Crippen LogP contribution in [0.4, 0.5) is 0 Å². The van der Waals surface area contributed by atoms with Gasteiger partial charge in [-0.15, -0.1) is 30.6 Å². The van der Waals surface area contributed by atoms with Crippen molar-refractivity contribution in [2.45, 2.75) is 6.42 Å². The monoisotopic (exact) mass is 499 g/mol. The van der Waals surface area contributed by atoms with Crippen molar-refractivity contribution in [3.63, 3.8) is 0 Å². The Kier molecular flexibility index (Phi) is 16.3. The van der Waals surface area contributed by atoms with Crippen molar-refractivity contribution in [2.75, 3.05) is 78.1 Å². The van der Waals surface area contributed by atoms with Crippen LogP contribution < -0.4 is 10.6 Å². The molecule has 1 rings (SSSR count). The van der Waals surface area contributed by atoms with E-state index in [0.29, 0.717) is 5.96 Å². The molecule has 26 heavy (non-hydrogen) atoms. The van der Waals surface area contributed by atoms with Crippen LogP contribution in [-0.2, 0) is 9.53 Å². The minimum Gasteiger partial charge on any atom is -0.379 e. The summed E-state index contributed by atoms with van der Waals surface area (Å²) in [6.45, 7) is 10.2. The molecule has 1 fully saturated rings. The van der Waals surface area contributed by atoms with E-state index in [9.17, 15) is 4.79 Å². The summed E-state index contributed by atoms with van der Waals surface area (Å²) in [5.74, 6) is 2.62. The summed E-state index contributed by atoms with van der Waals surface area (Å²) < 4.78 is 5.36. The molecule has 0 aliphatic carbocycles. The van der Waals surface area contributed by atoms with Gasteiger partial charge in [-0.1, -0.05) is 6.08 Å². The Morgan fingerprint density at radius 3 is 2.65 bits per heavy atom. The lowest BCUT2D eigenvalue weighted by Gasteiger charge is -2.26. The Morgan fingerprint density at radius 1 is 1.31 bits per heavy atom. The van der Waals surface area contributed by atoms with Crippen molar-refractivity contribution in [2.24, 2.45) is 4.99 Å². The van der Waals surface area contributed by atoms with Crippen LogP contribution in [0.3, 0.4) is 0 Å². The number of ether oxygens (including phenoxy) is 1. The Morgan fingerprint density at radius 2 is 2.00 bits per heavy atom. The summed E-state index contributed by atoms with van der Waals surface area (Å²) in [6, 6.07) is 0. The molecule has 0 aromatic heterocycles. The Labute approximate surface area is 179 Å². The van der Waals surface area contributed by atoms with E-state index in [2.05, 4.69) is 27.1 Å². The van der Waals surface area contributed by atoms with E-state index in [1.54, 1.807) is 19.0 Å². The van der Waals surface area contributed by atoms with Crippen LogP contribution in [0.15, 0.2) is 17.6 Å². The van der Waals surface area contributed by atoms with Crippen LogP contribution in [0, 0.1) is 0 Å². The van der Waals surface area contributed by atoms with Crippen molar-refractivity contribution >= 4 is 47.6 Å². The third-order valence-electron chi connectivity index (χ3n) is 3.69. The van der Waals surface area contributed by atoms with Gasteiger partial charge in [0, 0.05) is 51.8 Å². The highest BCUT2D eigenvalue weighted by Crippen LogP contribution is 1.98. The number of hydrogen-bond donors (Lipinski definition) is 2. The smallest absolute Gasteiger partial charge is 0.243 e. The number of carbonyl (C=O) groups excluding carboxylic acids is 1. The molecule has 2 N–H and O–H groups in total. The zero-order valence-electron chi connectivity index (χ0n) is 16.0. The maximum Gasteiger partial charge on any atom is 0.243 e. The first kappa shape index (κ1) is 25.5. The highest BCUT2D eigenvalue weighted by molar-refractivity contribution is 14.0. The largest absolute Gasteiger partial charge is 0.379 e. The van der Waals surface area contributed by atoms with E-state index in [0.717, 1.165) is 63.9 Å². The van der Waals surface area contributed by atoms with Crippen molar-refractivity contribution in [1.29, 1.82) is 0 Å². The highest BCUT2D eigenvalue weighted by Gasteiger charge is 2.09. The lowest BCUT2D eigenvalue weighted by atomic mass is 10.3. The average Bonchev–Trinajstić information content (AvgIpc) is 2.62. The second kappa shape index (κ2) is 16.6. The van der Waals surface area contributed by atoms with Crippen molar-refractivity contribution < 1.29 is 9.53 Å². The quantitative estimate of drug-likeness (QED) is 0.145. The summed E-state index contributed by atoms with van der Waals surface area (Å²) in [6.07, 6.45) is 2.94. The highest BCUT2D eigenvalue weighted by atomic mass is 127. The number of likely N-dealkylation sites (N-methyl/N-ethyl adjacent to an activating group) is 1. The van der Waals surface area contributed by atoms with Crippen LogP contribution in [0.1, 0.15) is 6.42 Å². The van der Waals surface area contributed by atoms with Crippen LogP contribution in [0.5, 0.6) is 0 Å². The molecule has 0 atom stereocenters. The molecule has 0 aromatic carbocycles. The van der Waals surface area contributed by atoms with Gasteiger partial charge in [0.05, 0.1) is 13.2 Å². The summed E-state index contributed by atoms with van der Waals surface area (Å²) in [5, 5.41) is 6.62. The number of nitrogens with zero attached hydrogens (tertiary/aromatic N) is 3. The van der Waals surface area contributed by atoms with Crippen LogP contribution >= 0.6 is 35.7 Å². The fraction of sp³-hybridized carbons (Fsp3) is 0.765. The third kappa shape index (κ3) is 12.8. The molecule has 0 saturated carbocycles. The maximum atomic E-state index is 11.7. The van der Waals surface area contributed by atoms with Gasteiger partial charge in [-0.2, -0.15) is 11.8 Å². The number of aliphatic imine (C=N–C) groups is 1. The number of morpholine rings is 1. The zero-order chi connectivity index (χ0) is 18.3. The predicted molar refractivity (Wildman–Crippen MR) is 122 cm³/mol. The summed E-state index contributed by atoms with van der Waals surface area (Å²) in [7, 11) is 3.49. The molecule has 9 heteroatoms. The number of rotatable bonds is 11. The fourth-order valence-electron chi connectivity index (χ4n) is 2.20. The molecule has 1 aliphatic heterocycles. The first-order chi connectivity index (χ1) is 12.1. The molecule has 7 nitrogen and oxygen atoms in total. The average molecular weight is 499 g/mol. The lowest BCUT2D eigenvalue weighted by Crippen LogP contribution is -2.42. The standard InChI is InChI=1S/C17H33N5O2S.HI/c1-4-13-25-14-7-19-17(20-15-16(23)21(2)3)18-6-5-8-22-9-11-24-12-10-22;/h4H,1,5-15H2,2-3H3,(H2,18,19,20);1H. The van der Waals surface area contributed by atoms with Gasteiger partial charge in [-0.05, 0) is 13.0 Å². The van der Waals surface area contributed by atoms with Gasteiger partial charge in [-0.3, -0.25) is 9.69 Å². The minimum atomic E-state index is -0.00421. The molecule has 0 unspecified atom stereocenters. The Balaban J connectivity index is 0.00000625. The summed E-state index contributed by atoms with van der Waals surface area (Å²) in [5.41, 5.74) is 0. The van der Waals surface area contributed by atoms with Crippen molar-refractivity contribution in [1.82, 2.24) is 20.4 Å². The predicted octanol–water partition coefficient (Wildman–Crippen LogP) is 0.869. The van der Waals surface area contributed by atoms with E-state index in [1.807, 2.05) is 17.8 Å². The molecular formula is C17H34IN5O2S. The van der Waals surface area contributed by atoms with E-state index in [4.69, 9.17) is 4.74 Å². The normalized spacial score (nSPS) is 15.1. The third-order valence-corrected chi connectivity index (χ3v) is 4.66. The van der Waals surface area contributed by atoms with E-state index in [-0.39, 0.29) is 36.4 Å². The number of guanidine groups is 1. The first-order valence-electron chi connectivity index (χ1n) is 8.84. The molecule has 152 valence electrons. The van der Waals surface area contributed by atoms with Gasteiger partial charge in [0.2, 0.25) is 5.91 Å². The summed E-state index contributed by atoms with van der Waals surface area (Å²) >= 11 is 1.81. The number of thioether (sulfide) groups is 1. The van der Waals surface area contributed by atoms with E-state index in [1.165, 1.54) is 0 Å². The van der Waals surface area contributed by atoms with Crippen molar-refractivity contribution in [3.05, 3.63) is 12.7 Å². The molecule has 0 radical (unpaired) electrons. The van der Waals surface area contributed by atoms with E-state index >= 15 is 0 Å². The molecule has 0 aromatic rings. The van der Waals surface area contributed by atoms with Gasteiger partial charge in [0.15, 0.2) is 5.96 Å². The Bertz CT molecular complexity index is 418. The van der Waals surface area contributed by atoms with Crippen molar-refractivity contribution in [3.8, 4) is 0 Å². The molecule has 1 aliphatic rings. The number of hydrogen-bond acceptors (Lipinski definition) is 5. The molecule has 1 amide bonds. The second-order valence-electron chi connectivity index (χ2n) is 5.98. The topological polar surface area (TPSA) is 69.2 Å². The minimum absolute atomic E-state index is 0. The summed E-state index contributed by atoms with van der Waals surface area (Å²) in [4.78, 5) is 20.1. The molecule has 1 heterocycles. The van der Waals surface area contributed by atoms with Crippen LogP contribution in [0.2, 0.25) is 0 Å². The molecular weight excluding hydrogens is 465 g/mol. The second-order valence-corrected chi connectivity index (χ2v) is 7.13. The maximum absolute atomic E-state index is 11.7. The number of amides is 1. The van der Waals surface area contributed by atoms with Crippen LogP contribution in [-0.4, -0.2) is 99.7 Å². The SMILES string of the molecule is C=CCSCCNC(=NCC(=O)N(C)C)NCCCN1CCOCC1.I. The van der Waals surface area contributed by atoms with E-state index < -0.39 is 0 Å². The molecule has 0 bridgehead atoms.